The van der Waals surface area contributed by atoms with Gasteiger partial charge in [-0.15, -0.1) is 0 Å². The molecule has 2 aliphatic rings. The lowest BCUT2D eigenvalue weighted by Crippen LogP contribution is -2.51. The molecule has 0 bridgehead atoms. The minimum Gasteiger partial charge on any atom is -0.497 e. The maximum absolute atomic E-state index is 13.6. The summed E-state index contributed by atoms with van der Waals surface area (Å²) in [6, 6.07) is 16.8. The molecular formula is C27H28FN3O6S. The van der Waals surface area contributed by atoms with Gasteiger partial charge in [-0.2, -0.15) is 0 Å². The normalized spacial score (nSPS) is 15.4. The fraction of sp³-hybridized carbons (Fsp3) is 0.296. The van der Waals surface area contributed by atoms with Gasteiger partial charge >= 0.3 is 0 Å². The average molecular weight is 542 g/mol. The maximum Gasteiger partial charge on any atom is 0.264 e. The van der Waals surface area contributed by atoms with Gasteiger partial charge in [0.15, 0.2) is 11.5 Å². The molecule has 0 N–H and O–H groups in total. The number of benzene rings is 3. The zero-order chi connectivity index (χ0) is 26.7. The highest BCUT2D eigenvalue weighted by atomic mass is 32.2. The Morgan fingerprint density at radius 3 is 2.32 bits per heavy atom. The summed E-state index contributed by atoms with van der Waals surface area (Å²) in [7, 11) is -2.62. The highest BCUT2D eigenvalue weighted by Gasteiger charge is 2.30. The molecule has 0 aliphatic carbocycles. The zero-order valence-corrected chi connectivity index (χ0v) is 21.7. The molecule has 11 heteroatoms. The van der Waals surface area contributed by atoms with Crippen molar-refractivity contribution in [2.24, 2.45) is 0 Å². The van der Waals surface area contributed by atoms with Crippen LogP contribution in [0.5, 0.6) is 17.2 Å². The van der Waals surface area contributed by atoms with Crippen molar-refractivity contribution in [1.82, 2.24) is 9.80 Å². The highest BCUT2D eigenvalue weighted by molar-refractivity contribution is 7.92. The highest BCUT2D eigenvalue weighted by Crippen LogP contribution is 2.33. The number of hydrogen-bond donors (Lipinski definition) is 0. The number of halogens is 1. The van der Waals surface area contributed by atoms with Gasteiger partial charge in [-0.25, -0.2) is 12.8 Å². The molecule has 9 nitrogen and oxygen atoms in total. The number of fused-ring (bicyclic) bond motifs is 1. The molecule has 0 spiro atoms. The van der Waals surface area contributed by atoms with Crippen molar-refractivity contribution >= 4 is 21.6 Å². The minimum absolute atomic E-state index is 0.00368. The maximum atomic E-state index is 13.6. The minimum atomic E-state index is -4.11. The lowest BCUT2D eigenvalue weighted by Gasteiger charge is -2.36. The molecule has 2 aliphatic heterocycles. The zero-order valence-electron chi connectivity index (χ0n) is 20.9. The third kappa shape index (κ3) is 5.53. The molecular weight excluding hydrogens is 513 g/mol. The van der Waals surface area contributed by atoms with Crippen LogP contribution in [-0.4, -0.2) is 70.8 Å². The van der Waals surface area contributed by atoms with E-state index in [0.29, 0.717) is 38.5 Å². The summed E-state index contributed by atoms with van der Waals surface area (Å²) >= 11 is 0. The van der Waals surface area contributed by atoms with Crippen LogP contribution < -0.4 is 18.5 Å². The quantitative estimate of drug-likeness (QED) is 0.433. The molecule has 0 saturated carbocycles. The van der Waals surface area contributed by atoms with Crippen molar-refractivity contribution in [3.8, 4) is 17.2 Å². The SMILES string of the molecule is COc1ccc(S(=O)(=O)N(CC(=O)N2CCN(Cc3ccc4c(c3)OCO4)CC2)c2ccc(F)cc2)cc1. The van der Waals surface area contributed by atoms with Gasteiger partial charge in [0.05, 0.1) is 17.7 Å². The van der Waals surface area contributed by atoms with Gasteiger partial charge < -0.3 is 19.1 Å². The van der Waals surface area contributed by atoms with Gasteiger partial charge in [0.1, 0.15) is 18.1 Å². The van der Waals surface area contributed by atoms with Crippen molar-refractivity contribution in [1.29, 1.82) is 0 Å². The number of piperazine rings is 1. The van der Waals surface area contributed by atoms with Crippen molar-refractivity contribution in [3.05, 3.63) is 78.1 Å². The van der Waals surface area contributed by atoms with E-state index >= 15 is 0 Å². The number of rotatable bonds is 8. The monoisotopic (exact) mass is 541 g/mol. The number of amides is 1. The Bertz CT molecular complexity index is 1390. The summed E-state index contributed by atoms with van der Waals surface area (Å²) in [5.74, 6) is 1.15. The number of carbonyl (C=O) groups excluding carboxylic acids is 1. The molecule has 5 rings (SSSR count). The molecule has 0 radical (unpaired) electrons. The third-order valence-corrected chi connectivity index (χ3v) is 8.40. The molecule has 38 heavy (non-hydrogen) atoms. The molecule has 3 aromatic carbocycles. The number of methoxy groups -OCH3 is 1. The van der Waals surface area contributed by atoms with E-state index in [9.17, 15) is 17.6 Å². The largest absolute Gasteiger partial charge is 0.497 e. The van der Waals surface area contributed by atoms with Gasteiger partial charge in [-0.3, -0.25) is 14.0 Å². The van der Waals surface area contributed by atoms with E-state index in [1.807, 2.05) is 18.2 Å². The van der Waals surface area contributed by atoms with Crippen molar-refractivity contribution in [3.63, 3.8) is 0 Å². The summed E-state index contributed by atoms with van der Waals surface area (Å²) in [5.41, 5.74) is 1.29. The van der Waals surface area contributed by atoms with Crippen LogP contribution in [0.2, 0.25) is 0 Å². The predicted octanol–water partition coefficient (Wildman–Crippen LogP) is 3.10. The van der Waals surface area contributed by atoms with Crippen LogP contribution in [0.15, 0.2) is 71.6 Å². The van der Waals surface area contributed by atoms with E-state index in [-0.39, 0.29) is 23.3 Å². The third-order valence-electron chi connectivity index (χ3n) is 6.61. The van der Waals surface area contributed by atoms with Gasteiger partial charge in [-0.05, 0) is 66.2 Å². The molecule has 0 aromatic heterocycles. The second kappa shape index (κ2) is 10.9. The van der Waals surface area contributed by atoms with Crippen molar-refractivity contribution < 1.29 is 31.8 Å². The van der Waals surface area contributed by atoms with E-state index in [2.05, 4.69) is 4.90 Å². The Hall–Kier alpha value is -3.83. The van der Waals surface area contributed by atoms with Crippen LogP contribution >= 0.6 is 0 Å². The molecule has 1 amide bonds. The van der Waals surface area contributed by atoms with E-state index in [0.717, 1.165) is 21.4 Å². The fourth-order valence-corrected chi connectivity index (χ4v) is 5.89. The molecule has 3 aromatic rings. The summed E-state index contributed by atoms with van der Waals surface area (Å²) in [6.07, 6.45) is 0. The Kier molecular flexibility index (Phi) is 7.39. The van der Waals surface area contributed by atoms with Gasteiger partial charge in [0.25, 0.3) is 10.0 Å². The molecule has 200 valence electrons. The number of ether oxygens (including phenoxy) is 3. The van der Waals surface area contributed by atoms with E-state index in [1.54, 1.807) is 4.90 Å². The first-order chi connectivity index (χ1) is 18.3. The summed E-state index contributed by atoms with van der Waals surface area (Å²) in [4.78, 5) is 17.2. The van der Waals surface area contributed by atoms with Crippen LogP contribution in [0.3, 0.4) is 0 Å². The molecule has 1 fully saturated rings. The molecule has 0 atom stereocenters. The smallest absolute Gasteiger partial charge is 0.264 e. The number of sulfonamides is 1. The van der Waals surface area contributed by atoms with E-state index in [4.69, 9.17) is 14.2 Å². The van der Waals surface area contributed by atoms with Crippen LogP contribution in [0.1, 0.15) is 5.56 Å². The molecule has 2 heterocycles. The Morgan fingerprint density at radius 2 is 1.63 bits per heavy atom. The van der Waals surface area contributed by atoms with Crippen LogP contribution in [0, 0.1) is 5.82 Å². The van der Waals surface area contributed by atoms with Crippen molar-refractivity contribution in [2.75, 3.05) is 50.9 Å². The number of carbonyl (C=O) groups is 1. The summed E-state index contributed by atoms with van der Waals surface area (Å²) < 4.78 is 57.7. The fourth-order valence-electron chi connectivity index (χ4n) is 4.47. The Balaban J connectivity index is 1.27. The summed E-state index contributed by atoms with van der Waals surface area (Å²) in [6.45, 7) is 2.73. The Morgan fingerprint density at radius 1 is 0.947 bits per heavy atom. The lowest BCUT2D eigenvalue weighted by atomic mass is 10.1. The number of hydrogen-bond acceptors (Lipinski definition) is 7. The van der Waals surface area contributed by atoms with Crippen molar-refractivity contribution in [2.45, 2.75) is 11.4 Å². The van der Waals surface area contributed by atoms with Crippen LogP contribution in [0.4, 0.5) is 10.1 Å². The van der Waals surface area contributed by atoms with Crippen LogP contribution in [0.25, 0.3) is 0 Å². The summed E-state index contributed by atoms with van der Waals surface area (Å²) in [5, 5.41) is 0. The van der Waals surface area contributed by atoms with Gasteiger partial charge in [-0.1, -0.05) is 6.07 Å². The second-order valence-corrected chi connectivity index (χ2v) is 10.9. The van der Waals surface area contributed by atoms with Crippen LogP contribution in [-0.2, 0) is 21.4 Å². The number of anilines is 1. The molecule has 1 saturated heterocycles. The second-order valence-electron chi connectivity index (χ2n) is 9.01. The molecule has 0 unspecified atom stereocenters. The average Bonchev–Trinajstić information content (AvgIpc) is 3.40. The Labute approximate surface area is 221 Å². The topological polar surface area (TPSA) is 88.6 Å². The standard InChI is InChI=1S/C27H28FN3O6S/c1-35-23-7-9-24(10-8-23)38(33,34)31(22-5-3-21(28)4-6-22)18-27(32)30-14-12-29(13-15-30)17-20-2-11-25-26(16-20)37-19-36-25/h2-11,16H,12-15,17-19H2,1H3. The predicted molar refractivity (Wildman–Crippen MR) is 138 cm³/mol. The first kappa shape index (κ1) is 25.8. The first-order valence-electron chi connectivity index (χ1n) is 12.1. The van der Waals surface area contributed by atoms with E-state index in [1.165, 1.54) is 55.6 Å². The van der Waals surface area contributed by atoms with Gasteiger partial charge in [0.2, 0.25) is 12.7 Å². The lowest BCUT2D eigenvalue weighted by molar-refractivity contribution is -0.131. The number of nitrogens with zero attached hydrogens (tertiary/aromatic N) is 3. The van der Waals surface area contributed by atoms with E-state index < -0.39 is 22.4 Å². The van der Waals surface area contributed by atoms with Gasteiger partial charge in [0, 0.05) is 32.7 Å². The first-order valence-corrected chi connectivity index (χ1v) is 13.6.